The SMILES string of the molecule is NCOC(=O)OCCOCc1ccccc1. The first-order chi connectivity index (χ1) is 7.83. The van der Waals surface area contributed by atoms with Gasteiger partial charge < -0.3 is 14.2 Å². The third-order valence-corrected chi connectivity index (χ3v) is 1.76. The van der Waals surface area contributed by atoms with Crippen molar-refractivity contribution in [1.82, 2.24) is 0 Å². The lowest BCUT2D eigenvalue weighted by molar-refractivity contribution is 0.0245. The Balaban J connectivity index is 2.02. The van der Waals surface area contributed by atoms with E-state index in [1.165, 1.54) is 0 Å². The molecule has 1 aromatic carbocycles. The number of carbonyl (C=O) groups excluding carboxylic acids is 1. The van der Waals surface area contributed by atoms with Crippen LogP contribution >= 0.6 is 0 Å². The maximum Gasteiger partial charge on any atom is 0.509 e. The number of rotatable bonds is 6. The highest BCUT2D eigenvalue weighted by molar-refractivity contribution is 5.59. The van der Waals surface area contributed by atoms with Gasteiger partial charge in [0.2, 0.25) is 0 Å². The van der Waals surface area contributed by atoms with E-state index >= 15 is 0 Å². The molecule has 0 aliphatic heterocycles. The van der Waals surface area contributed by atoms with Crippen LogP contribution in [-0.4, -0.2) is 26.1 Å². The van der Waals surface area contributed by atoms with Gasteiger partial charge in [0, 0.05) is 0 Å². The van der Waals surface area contributed by atoms with E-state index in [0.717, 1.165) is 5.56 Å². The van der Waals surface area contributed by atoms with Gasteiger partial charge in [-0.1, -0.05) is 30.3 Å². The van der Waals surface area contributed by atoms with Crippen molar-refractivity contribution in [2.45, 2.75) is 6.61 Å². The fraction of sp³-hybridized carbons (Fsp3) is 0.364. The Morgan fingerprint density at radius 3 is 2.56 bits per heavy atom. The molecule has 0 aliphatic rings. The van der Waals surface area contributed by atoms with Crippen molar-refractivity contribution in [2.75, 3.05) is 19.9 Å². The van der Waals surface area contributed by atoms with Gasteiger partial charge in [-0.3, -0.25) is 5.73 Å². The van der Waals surface area contributed by atoms with E-state index in [4.69, 9.17) is 10.5 Å². The lowest BCUT2D eigenvalue weighted by Crippen LogP contribution is -2.15. The second-order valence-corrected chi connectivity index (χ2v) is 2.95. The van der Waals surface area contributed by atoms with E-state index < -0.39 is 6.16 Å². The molecule has 0 aromatic heterocycles. The molecule has 5 nitrogen and oxygen atoms in total. The van der Waals surface area contributed by atoms with E-state index in [1.54, 1.807) is 0 Å². The minimum absolute atomic E-state index is 0.158. The van der Waals surface area contributed by atoms with Gasteiger partial charge in [0.15, 0.2) is 0 Å². The molecule has 5 heteroatoms. The largest absolute Gasteiger partial charge is 0.509 e. The topological polar surface area (TPSA) is 70.8 Å². The summed E-state index contributed by atoms with van der Waals surface area (Å²) in [4.78, 5) is 10.7. The fourth-order valence-electron chi connectivity index (χ4n) is 1.06. The molecule has 16 heavy (non-hydrogen) atoms. The Kier molecular flexibility index (Phi) is 5.98. The number of benzene rings is 1. The zero-order valence-corrected chi connectivity index (χ0v) is 8.93. The average Bonchev–Trinajstić information content (AvgIpc) is 2.30. The summed E-state index contributed by atoms with van der Waals surface area (Å²) in [7, 11) is 0. The van der Waals surface area contributed by atoms with Crippen LogP contribution in [0.2, 0.25) is 0 Å². The van der Waals surface area contributed by atoms with Crippen LogP contribution in [0.1, 0.15) is 5.56 Å². The van der Waals surface area contributed by atoms with E-state index in [0.29, 0.717) is 13.2 Å². The van der Waals surface area contributed by atoms with Crippen molar-refractivity contribution in [3.05, 3.63) is 35.9 Å². The highest BCUT2D eigenvalue weighted by Crippen LogP contribution is 2.00. The molecule has 0 aliphatic carbocycles. The maximum absolute atomic E-state index is 10.7. The summed E-state index contributed by atoms with van der Waals surface area (Å²) in [6.45, 7) is 0.806. The number of nitrogens with two attached hydrogens (primary N) is 1. The third-order valence-electron chi connectivity index (χ3n) is 1.76. The van der Waals surface area contributed by atoms with Crippen molar-refractivity contribution >= 4 is 6.16 Å². The second-order valence-electron chi connectivity index (χ2n) is 2.95. The summed E-state index contributed by atoms with van der Waals surface area (Å²) in [5.74, 6) is 0. The quantitative estimate of drug-likeness (QED) is 0.448. The molecule has 1 rings (SSSR count). The average molecular weight is 225 g/mol. The molecular weight excluding hydrogens is 210 g/mol. The van der Waals surface area contributed by atoms with Crippen LogP contribution in [0.3, 0.4) is 0 Å². The van der Waals surface area contributed by atoms with E-state index in [-0.39, 0.29) is 13.3 Å². The minimum Gasteiger partial charge on any atom is -0.432 e. The molecule has 88 valence electrons. The standard InChI is InChI=1S/C11H15NO4/c12-9-16-11(13)15-7-6-14-8-10-4-2-1-3-5-10/h1-5H,6-9,12H2. The van der Waals surface area contributed by atoms with Crippen LogP contribution in [0.4, 0.5) is 4.79 Å². The van der Waals surface area contributed by atoms with Gasteiger partial charge >= 0.3 is 6.16 Å². The molecule has 0 saturated carbocycles. The van der Waals surface area contributed by atoms with Crippen molar-refractivity contribution < 1.29 is 19.0 Å². The first-order valence-corrected chi connectivity index (χ1v) is 4.94. The lowest BCUT2D eigenvalue weighted by Gasteiger charge is -2.05. The van der Waals surface area contributed by atoms with Crippen LogP contribution in [0.5, 0.6) is 0 Å². The van der Waals surface area contributed by atoms with E-state index in [2.05, 4.69) is 9.47 Å². The van der Waals surface area contributed by atoms with Crippen LogP contribution in [0, 0.1) is 0 Å². The Labute approximate surface area is 94.1 Å². The van der Waals surface area contributed by atoms with Gasteiger partial charge in [0.1, 0.15) is 13.3 Å². The minimum atomic E-state index is -0.772. The zero-order chi connectivity index (χ0) is 11.6. The maximum atomic E-state index is 10.7. The van der Waals surface area contributed by atoms with Gasteiger partial charge in [0.25, 0.3) is 0 Å². The molecular formula is C11H15NO4. The molecule has 0 fully saturated rings. The Morgan fingerprint density at radius 2 is 1.88 bits per heavy atom. The monoisotopic (exact) mass is 225 g/mol. The van der Waals surface area contributed by atoms with Gasteiger partial charge in [-0.15, -0.1) is 0 Å². The van der Waals surface area contributed by atoms with Crippen LogP contribution in [0.25, 0.3) is 0 Å². The molecule has 0 unspecified atom stereocenters. The summed E-state index contributed by atoms with van der Waals surface area (Å²) < 4.78 is 14.3. The number of carbonyl (C=O) groups is 1. The third kappa shape index (κ3) is 5.33. The fourth-order valence-corrected chi connectivity index (χ4v) is 1.06. The molecule has 1 aromatic rings. The summed E-state index contributed by atoms with van der Waals surface area (Å²) in [6.07, 6.45) is -0.772. The predicted octanol–water partition coefficient (Wildman–Crippen LogP) is 1.27. The molecule has 0 atom stereocenters. The summed E-state index contributed by atoms with van der Waals surface area (Å²) in [5.41, 5.74) is 6.06. The molecule has 2 N–H and O–H groups in total. The number of ether oxygens (including phenoxy) is 3. The molecule has 0 amide bonds. The molecule has 0 bridgehead atoms. The molecule has 0 radical (unpaired) electrons. The van der Waals surface area contributed by atoms with Gasteiger partial charge in [-0.2, -0.15) is 0 Å². The van der Waals surface area contributed by atoms with Crippen molar-refractivity contribution in [3.8, 4) is 0 Å². The lowest BCUT2D eigenvalue weighted by atomic mass is 10.2. The molecule has 0 saturated heterocycles. The normalized spacial score (nSPS) is 9.81. The summed E-state index contributed by atoms with van der Waals surface area (Å²) in [5, 5.41) is 0. The van der Waals surface area contributed by atoms with Gasteiger partial charge in [-0.25, -0.2) is 4.79 Å². The molecule has 0 heterocycles. The van der Waals surface area contributed by atoms with Crippen LogP contribution in [0.15, 0.2) is 30.3 Å². The summed E-state index contributed by atoms with van der Waals surface area (Å²) >= 11 is 0. The number of hydrogen-bond acceptors (Lipinski definition) is 5. The van der Waals surface area contributed by atoms with Crippen molar-refractivity contribution in [3.63, 3.8) is 0 Å². The highest BCUT2D eigenvalue weighted by atomic mass is 16.7. The second kappa shape index (κ2) is 7.67. The van der Waals surface area contributed by atoms with E-state index in [9.17, 15) is 4.79 Å². The molecule has 0 spiro atoms. The van der Waals surface area contributed by atoms with Crippen LogP contribution < -0.4 is 5.73 Å². The van der Waals surface area contributed by atoms with Gasteiger partial charge in [0.05, 0.1) is 13.2 Å². The zero-order valence-electron chi connectivity index (χ0n) is 8.93. The Bertz CT molecular complexity index is 302. The smallest absolute Gasteiger partial charge is 0.432 e. The number of hydrogen-bond donors (Lipinski definition) is 1. The Hall–Kier alpha value is -1.59. The summed E-state index contributed by atoms with van der Waals surface area (Å²) in [6, 6.07) is 9.74. The van der Waals surface area contributed by atoms with Crippen molar-refractivity contribution in [2.24, 2.45) is 5.73 Å². The van der Waals surface area contributed by atoms with Crippen molar-refractivity contribution in [1.29, 1.82) is 0 Å². The van der Waals surface area contributed by atoms with Crippen LogP contribution in [-0.2, 0) is 20.8 Å². The van der Waals surface area contributed by atoms with Gasteiger partial charge in [-0.05, 0) is 5.56 Å². The Morgan fingerprint density at radius 1 is 1.12 bits per heavy atom. The predicted molar refractivity (Wildman–Crippen MR) is 57.6 cm³/mol. The highest BCUT2D eigenvalue weighted by Gasteiger charge is 2.00. The first-order valence-electron chi connectivity index (χ1n) is 4.94. The van der Waals surface area contributed by atoms with E-state index in [1.807, 2.05) is 30.3 Å². The first kappa shape index (κ1) is 12.5.